The first-order valence-electron chi connectivity index (χ1n) is 12.2. The molecule has 192 valence electrons. The van der Waals surface area contributed by atoms with Gasteiger partial charge in [0.05, 0.1) is 18.2 Å². The highest BCUT2D eigenvalue weighted by atomic mass is 16.6. The molecule has 0 bridgehead atoms. The summed E-state index contributed by atoms with van der Waals surface area (Å²) in [5, 5.41) is 22.7. The number of benzene rings is 1. The molecule has 4 aliphatic rings. The normalized spacial score (nSPS) is 25.5. The van der Waals surface area contributed by atoms with Crippen molar-refractivity contribution in [3.63, 3.8) is 0 Å². The van der Waals surface area contributed by atoms with Gasteiger partial charge in [0, 0.05) is 12.1 Å². The van der Waals surface area contributed by atoms with E-state index in [1.54, 1.807) is 17.0 Å². The third-order valence-electron chi connectivity index (χ3n) is 7.39. The van der Waals surface area contributed by atoms with Crippen LogP contribution in [0.1, 0.15) is 42.4 Å². The molecule has 1 aromatic heterocycles. The van der Waals surface area contributed by atoms with E-state index in [-0.39, 0.29) is 19.0 Å². The lowest BCUT2D eigenvalue weighted by Crippen LogP contribution is -2.47. The van der Waals surface area contributed by atoms with Gasteiger partial charge in [0.25, 0.3) is 12.4 Å². The topological polar surface area (TPSA) is 154 Å². The molecule has 1 saturated carbocycles. The molecule has 1 saturated heterocycles. The number of fused-ring (bicyclic) bond motifs is 2. The second-order valence-electron chi connectivity index (χ2n) is 9.70. The van der Waals surface area contributed by atoms with Crippen molar-refractivity contribution in [1.29, 1.82) is 5.26 Å². The number of carbonyl (C=O) groups is 3. The zero-order chi connectivity index (χ0) is 26.0. The molecule has 11 heteroatoms. The van der Waals surface area contributed by atoms with Crippen molar-refractivity contribution in [3.8, 4) is 11.8 Å². The lowest BCUT2D eigenvalue weighted by atomic mass is 9.81. The van der Waals surface area contributed by atoms with Gasteiger partial charge >= 0.3 is 6.09 Å². The van der Waals surface area contributed by atoms with Crippen LogP contribution >= 0.6 is 0 Å². The van der Waals surface area contributed by atoms with Gasteiger partial charge in [-0.2, -0.15) is 5.26 Å². The number of nitriles is 1. The van der Waals surface area contributed by atoms with Gasteiger partial charge in [-0.1, -0.05) is 12.1 Å². The number of aromatic nitrogens is 1. The summed E-state index contributed by atoms with van der Waals surface area (Å²) in [5.74, 6) is 1.00. The van der Waals surface area contributed by atoms with Crippen LogP contribution in [-0.4, -0.2) is 59.4 Å². The zero-order valence-electron chi connectivity index (χ0n) is 20.1. The molecular weight excluding hydrogens is 478 g/mol. The summed E-state index contributed by atoms with van der Waals surface area (Å²) in [5.41, 5.74) is 2.71. The molecule has 2 aromatic rings. The van der Waals surface area contributed by atoms with E-state index in [1.165, 1.54) is 11.1 Å². The molecule has 0 radical (unpaired) electrons. The summed E-state index contributed by atoms with van der Waals surface area (Å²) in [6, 6.07) is 12.4. The van der Waals surface area contributed by atoms with E-state index in [9.17, 15) is 14.9 Å². The maximum atomic E-state index is 12.7. The first kappa shape index (κ1) is 24.5. The third-order valence-corrected chi connectivity index (χ3v) is 7.39. The molecule has 2 aliphatic heterocycles. The Bertz CT molecular complexity index is 1270. The van der Waals surface area contributed by atoms with Crippen LogP contribution in [0.3, 0.4) is 0 Å². The highest BCUT2D eigenvalue weighted by molar-refractivity contribution is 5.95. The van der Waals surface area contributed by atoms with E-state index in [4.69, 9.17) is 19.4 Å². The zero-order valence-corrected chi connectivity index (χ0v) is 20.1. The van der Waals surface area contributed by atoms with Crippen LogP contribution < -0.4 is 20.3 Å². The fourth-order valence-electron chi connectivity index (χ4n) is 5.68. The van der Waals surface area contributed by atoms with Gasteiger partial charge in [-0.25, -0.2) is 9.78 Å². The Hall–Kier alpha value is -4.17. The minimum absolute atomic E-state index is 0.0372. The maximum absolute atomic E-state index is 12.7. The van der Waals surface area contributed by atoms with Crippen molar-refractivity contribution in [2.75, 3.05) is 23.4 Å². The van der Waals surface area contributed by atoms with Crippen molar-refractivity contribution in [3.05, 3.63) is 47.0 Å². The molecule has 1 unspecified atom stereocenters. The minimum atomic E-state index is -0.515. The molecular formula is C26H27N5O6. The Morgan fingerprint density at radius 3 is 2.73 bits per heavy atom. The van der Waals surface area contributed by atoms with Gasteiger partial charge in [0.2, 0.25) is 0 Å². The Balaban J connectivity index is 0.000000892. The summed E-state index contributed by atoms with van der Waals surface area (Å²) >= 11 is 0. The Kier molecular flexibility index (Phi) is 6.67. The molecule has 3 heterocycles. The predicted molar refractivity (Wildman–Crippen MR) is 131 cm³/mol. The Morgan fingerprint density at radius 1 is 1.19 bits per heavy atom. The Morgan fingerprint density at radius 2 is 1.97 bits per heavy atom. The molecule has 37 heavy (non-hydrogen) atoms. The van der Waals surface area contributed by atoms with Gasteiger partial charge in [0.15, 0.2) is 18.2 Å². The number of anilines is 2. The fourth-order valence-corrected chi connectivity index (χ4v) is 5.68. The number of hydrogen-bond donors (Lipinski definition) is 3. The Labute approximate surface area is 213 Å². The highest BCUT2D eigenvalue weighted by Crippen LogP contribution is 2.40. The van der Waals surface area contributed by atoms with Gasteiger partial charge in [-0.3, -0.25) is 14.5 Å². The van der Waals surface area contributed by atoms with Crippen LogP contribution in [-0.2, 0) is 27.2 Å². The van der Waals surface area contributed by atoms with Crippen molar-refractivity contribution < 1.29 is 29.0 Å². The van der Waals surface area contributed by atoms with Crippen LogP contribution in [0.2, 0.25) is 0 Å². The highest BCUT2D eigenvalue weighted by Gasteiger charge is 2.48. The van der Waals surface area contributed by atoms with Gasteiger partial charge in [-0.15, -0.1) is 0 Å². The van der Waals surface area contributed by atoms with Crippen LogP contribution in [0.5, 0.6) is 5.75 Å². The van der Waals surface area contributed by atoms with Crippen LogP contribution in [0, 0.1) is 11.3 Å². The average Bonchev–Trinajstić information content (AvgIpc) is 3.45. The predicted octanol–water partition coefficient (Wildman–Crippen LogP) is 2.38. The third kappa shape index (κ3) is 4.93. The van der Waals surface area contributed by atoms with E-state index >= 15 is 0 Å². The molecule has 11 nitrogen and oxygen atoms in total. The average molecular weight is 506 g/mol. The molecule has 2 fully saturated rings. The monoisotopic (exact) mass is 505 g/mol. The SMILES string of the molecule is N#Cc1cccc2c1CC(NC1CCC3(CC1)CN(c1ccc4c(n1)NC(=O)CO4)C(=O)O3)C2.O=CO. The van der Waals surface area contributed by atoms with E-state index in [0.717, 1.165) is 44.1 Å². The fraction of sp³-hybridized carbons (Fsp3) is 0.423. The maximum Gasteiger partial charge on any atom is 0.416 e. The smallest absolute Gasteiger partial charge is 0.416 e. The summed E-state index contributed by atoms with van der Waals surface area (Å²) in [4.78, 5) is 38.7. The van der Waals surface area contributed by atoms with Crippen molar-refractivity contribution in [1.82, 2.24) is 10.3 Å². The first-order valence-corrected chi connectivity index (χ1v) is 12.2. The molecule has 1 spiro atoms. The first-order chi connectivity index (χ1) is 17.9. The number of ether oxygens (including phenoxy) is 2. The summed E-state index contributed by atoms with van der Waals surface area (Å²) < 4.78 is 11.2. The number of hydrogen-bond acceptors (Lipinski definition) is 8. The summed E-state index contributed by atoms with van der Waals surface area (Å²) in [6.07, 6.45) is 4.81. The molecule has 6 rings (SSSR count). The minimum Gasteiger partial charge on any atom is -0.483 e. The molecule has 3 N–H and O–H groups in total. The number of carbonyl (C=O) groups excluding carboxylic acids is 2. The van der Waals surface area contributed by atoms with Gasteiger partial charge < -0.3 is 25.2 Å². The van der Waals surface area contributed by atoms with E-state index in [2.05, 4.69) is 27.8 Å². The van der Waals surface area contributed by atoms with E-state index in [1.807, 2.05) is 12.1 Å². The number of carboxylic acid groups (broad SMARTS) is 1. The quantitative estimate of drug-likeness (QED) is 0.533. The number of pyridine rings is 1. The number of nitrogens with zero attached hydrogens (tertiary/aromatic N) is 3. The molecule has 2 aliphatic carbocycles. The second-order valence-corrected chi connectivity index (χ2v) is 9.70. The summed E-state index contributed by atoms with van der Waals surface area (Å²) in [7, 11) is 0. The van der Waals surface area contributed by atoms with Crippen molar-refractivity contribution in [2.45, 2.75) is 56.2 Å². The number of rotatable bonds is 3. The number of nitrogens with one attached hydrogen (secondary N) is 2. The molecule has 2 amide bonds. The van der Waals surface area contributed by atoms with Crippen LogP contribution in [0.15, 0.2) is 30.3 Å². The largest absolute Gasteiger partial charge is 0.483 e. The second kappa shape index (κ2) is 10.1. The van der Waals surface area contributed by atoms with E-state index < -0.39 is 11.7 Å². The molecule has 1 aromatic carbocycles. The number of amides is 2. The lowest BCUT2D eigenvalue weighted by Gasteiger charge is -2.36. The van der Waals surface area contributed by atoms with Gasteiger partial charge in [0.1, 0.15) is 11.4 Å². The van der Waals surface area contributed by atoms with Crippen molar-refractivity contribution >= 4 is 30.1 Å². The summed E-state index contributed by atoms with van der Waals surface area (Å²) in [6.45, 7) is 0.157. The van der Waals surface area contributed by atoms with Crippen LogP contribution in [0.25, 0.3) is 0 Å². The van der Waals surface area contributed by atoms with Crippen molar-refractivity contribution in [2.24, 2.45) is 0 Å². The lowest BCUT2D eigenvalue weighted by molar-refractivity contribution is -0.123. The standard InChI is InChI=1S/C25H25N5O4.CH2O2/c26-12-16-3-1-2-15-10-18(11-19(15)16)27-17-6-8-25(9-7-17)14-30(24(32)34-25)21-5-4-20-23(28-21)29-22(31)13-33-20;2-1-3/h1-5,17-18,27H,6-11,13-14H2,(H,28,29,31);1H,(H,2,3). The van der Waals surface area contributed by atoms with Crippen LogP contribution in [0.4, 0.5) is 16.4 Å². The van der Waals surface area contributed by atoms with Gasteiger partial charge in [-0.05, 0) is 67.9 Å². The molecule has 1 atom stereocenters. The van der Waals surface area contributed by atoms with E-state index in [0.29, 0.717) is 36.0 Å².